The van der Waals surface area contributed by atoms with Crippen molar-refractivity contribution < 1.29 is 4.79 Å². The molecule has 1 aromatic carbocycles. The fourth-order valence-corrected chi connectivity index (χ4v) is 3.08. The maximum atomic E-state index is 11.8. The fraction of sp³-hybridized carbons (Fsp3) is 0.500. The average Bonchev–Trinajstić information content (AvgIpc) is 2.85. The van der Waals surface area contributed by atoms with E-state index >= 15 is 0 Å². The zero-order valence-corrected chi connectivity index (χ0v) is 11.8. The largest absolute Gasteiger partial charge is 0.354 e. The van der Waals surface area contributed by atoms with Crippen molar-refractivity contribution in [2.24, 2.45) is 0 Å². The Labute approximate surface area is 113 Å². The van der Waals surface area contributed by atoms with Crippen LogP contribution >= 0.6 is 11.8 Å². The smallest absolute Gasteiger partial charge is 0.238 e. The highest BCUT2D eigenvalue weighted by molar-refractivity contribution is 7.99. The third kappa shape index (κ3) is 3.50. The predicted octanol–water partition coefficient (Wildman–Crippen LogP) is 1.62. The summed E-state index contributed by atoms with van der Waals surface area (Å²) in [7, 11) is 0. The Kier molecular flexibility index (Phi) is 4.66. The minimum absolute atomic E-state index is 0.00545. The number of carbonyl (C=O) groups excluding carboxylic acids is 1. The predicted molar refractivity (Wildman–Crippen MR) is 76.9 cm³/mol. The van der Waals surface area contributed by atoms with Crippen LogP contribution in [0, 0.1) is 13.8 Å². The van der Waals surface area contributed by atoms with E-state index in [0.717, 1.165) is 18.1 Å². The molecular weight excluding hydrogens is 244 g/mol. The van der Waals surface area contributed by atoms with Crippen molar-refractivity contribution in [3.05, 3.63) is 34.9 Å². The molecule has 1 aliphatic rings. The zero-order chi connectivity index (χ0) is 13.0. The van der Waals surface area contributed by atoms with Crippen molar-refractivity contribution in [3.63, 3.8) is 0 Å². The molecule has 2 rings (SSSR count). The molecule has 0 saturated carbocycles. The number of benzene rings is 1. The molecule has 1 heterocycles. The summed E-state index contributed by atoms with van der Waals surface area (Å²) < 4.78 is 0. The third-order valence-electron chi connectivity index (χ3n) is 3.22. The van der Waals surface area contributed by atoms with Crippen molar-refractivity contribution in [1.82, 2.24) is 10.6 Å². The molecule has 1 aliphatic heterocycles. The van der Waals surface area contributed by atoms with Gasteiger partial charge >= 0.3 is 0 Å². The third-order valence-corrected chi connectivity index (χ3v) is 4.16. The van der Waals surface area contributed by atoms with Crippen LogP contribution in [-0.2, 0) is 11.2 Å². The number of hydrogen-bond donors (Lipinski definition) is 2. The number of thioether (sulfide) groups is 1. The van der Waals surface area contributed by atoms with Gasteiger partial charge in [0.15, 0.2) is 0 Å². The quantitative estimate of drug-likeness (QED) is 0.868. The summed E-state index contributed by atoms with van der Waals surface area (Å²) >= 11 is 1.77. The number of carbonyl (C=O) groups is 1. The van der Waals surface area contributed by atoms with Crippen molar-refractivity contribution in [2.75, 3.05) is 18.2 Å². The summed E-state index contributed by atoms with van der Waals surface area (Å²) in [6.07, 6.45) is 0.901. The first-order valence-corrected chi connectivity index (χ1v) is 7.47. The molecule has 3 nitrogen and oxygen atoms in total. The molecule has 2 N–H and O–H groups in total. The van der Waals surface area contributed by atoms with Gasteiger partial charge in [0.2, 0.25) is 5.91 Å². The Balaban J connectivity index is 1.79. The molecule has 0 aromatic heterocycles. The molecule has 1 saturated heterocycles. The van der Waals surface area contributed by atoms with Crippen molar-refractivity contribution in [3.8, 4) is 0 Å². The van der Waals surface area contributed by atoms with E-state index in [0.29, 0.717) is 6.54 Å². The Morgan fingerprint density at radius 2 is 2.33 bits per heavy atom. The van der Waals surface area contributed by atoms with E-state index in [1.807, 2.05) is 0 Å². The lowest BCUT2D eigenvalue weighted by molar-refractivity contribution is -0.122. The van der Waals surface area contributed by atoms with Crippen LogP contribution in [-0.4, -0.2) is 30.1 Å². The number of amides is 1. The van der Waals surface area contributed by atoms with E-state index in [4.69, 9.17) is 0 Å². The van der Waals surface area contributed by atoms with E-state index < -0.39 is 0 Å². The van der Waals surface area contributed by atoms with Crippen LogP contribution in [0.1, 0.15) is 16.7 Å². The van der Waals surface area contributed by atoms with Gasteiger partial charge in [0.1, 0.15) is 0 Å². The van der Waals surface area contributed by atoms with Crippen LogP contribution < -0.4 is 10.6 Å². The summed E-state index contributed by atoms with van der Waals surface area (Å²) in [6.45, 7) is 4.94. The van der Waals surface area contributed by atoms with Gasteiger partial charge in [0.05, 0.1) is 6.04 Å². The van der Waals surface area contributed by atoms with Gasteiger partial charge in [-0.05, 0) is 31.4 Å². The molecule has 4 heteroatoms. The minimum Gasteiger partial charge on any atom is -0.354 e. The molecule has 0 aliphatic carbocycles. The highest BCUT2D eigenvalue weighted by Gasteiger charge is 2.21. The lowest BCUT2D eigenvalue weighted by Crippen LogP contribution is -2.42. The second-order valence-corrected chi connectivity index (χ2v) is 5.77. The van der Waals surface area contributed by atoms with Crippen LogP contribution in [0.15, 0.2) is 18.2 Å². The van der Waals surface area contributed by atoms with Gasteiger partial charge in [-0.1, -0.05) is 23.8 Å². The van der Waals surface area contributed by atoms with Crippen LogP contribution in [0.5, 0.6) is 0 Å². The molecule has 1 fully saturated rings. The number of nitrogens with one attached hydrogen (secondary N) is 2. The molecule has 1 atom stereocenters. The van der Waals surface area contributed by atoms with Gasteiger partial charge < -0.3 is 5.32 Å². The molecule has 1 aromatic rings. The van der Waals surface area contributed by atoms with E-state index in [2.05, 4.69) is 42.7 Å². The summed E-state index contributed by atoms with van der Waals surface area (Å²) in [5, 5.41) is 6.17. The molecular formula is C14H20N2OS. The molecule has 1 unspecified atom stereocenters. The van der Waals surface area contributed by atoms with Gasteiger partial charge in [-0.15, -0.1) is 11.8 Å². The first kappa shape index (κ1) is 13.4. The maximum absolute atomic E-state index is 11.8. The van der Waals surface area contributed by atoms with Gasteiger partial charge in [0.25, 0.3) is 0 Å². The fourth-order valence-electron chi connectivity index (χ4n) is 2.13. The van der Waals surface area contributed by atoms with Crippen molar-refractivity contribution in [1.29, 1.82) is 0 Å². The highest BCUT2D eigenvalue weighted by Crippen LogP contribution is 2.11. The van der Waals surface area contributed by atoms with E-state index in [1.165, 1.54) is 16.7 Å². The van der Waals surface area contributed by atoms with Gasteiger partial charge in [0, 0.05) is 18.2 Å². The number of rotatable bonds is 4. The first-order chi connectivity index (χ1) is 8.66. The molecule has 0 spiro atoms. The summed E-state index contributed by atoms with van der Waals surface area (Å²) in [6, 6.07) is 6.46. The second-order valence-electron chi connectivity index (χ2n) is 4.74. The van der Waals surface area contributed by atoms with Gasteiger partial charge in [-0.2, -0.15) is 0 Å². The molecule has 1 amide bonds. The Bertz CT molecular complexity index is 428. The lowest BCUT2D eigenvalue weighted by Gasteiger charge is -2.11. The Morgan fingerprint density at radius 1 is 1.50 bits per heavy atom. The standard InChI is InChI=1S/C14H20N2OS/c1-10-3-4-12(11(2)7-10)5-6-15-14(17)13-8-18-9-16-13/h3-4,7,13,16H,5-6,8-9H2,1-2H3,(H,15,17). The zero-order valence-electron chi connectivity index (χ0n) is 11.0. The Hall–Kier alpha value is -1.00. The van der Waals surface area contributed by atoms with Crippen molar-refractivity contribution >= 4 is 17.7 Å². The van der Waals surface area contributed by atoms with Crippen LogP contribution in [0.25, 0.3) is 0 Å². The molecule has 18 heavy (non-hydrogen) atoms. The molecule has 0 bridgehead atoms. The van der Waals surface area contributed by atoms with Gasteiger partial charge in [-0.3, -0.25) is 10.1 Å². The normalized spacial score (nSPS) is 18.9. The average molecular weight is 264 g/mol. The molecule has 98 valence electrons. The summed E-state index contributed by atoms with van der Waals surface area (Å²) in [5.41, 5.74) is 3.90. The lowest BCUT2D eigenvalue weighted by atomic mass is 10.0. The minimum atomic E-state index is -0.00545. The van der Waals surface area contributed by atoms with Crippen LogP contribution in [0.3, 0.4) is 0 Å². The maximum Gasteiger partial charge on any atom is 0.238 e. The number of aryl methyl sites for hydroxylation is 2. The summed E-state index contributed by atoms with van der Waals surface area (Å²) in [5.74, 6) is 1.90. The topological polar surface area (TPSA) is 41.1 Å². The van der Waals surface area contributed by atoms with Crippen molar-refractivity contribution in [2.45, 2.75) is 26.3 Å². The Morgan fingerprint density at radius 3 is 3.00 bits per heavy atom. The second kappa shape index (κ2) is 6.25. The van der Waals surface area contributed by atoms with Crippen LogP contribution in [0.2, 0.25) is 0 Å². The first-order valence-electron chi connectivity index (χ1n) is 6.32. The molecule has 0 radical (unpaired) electrons. The highest BCUT2D eigenvalue weighted by atomic mass is 32.2. The number of hydrogen-bond acceptors (Lipinski definition) is 3. The summed E-state index contributed by atoms with van der Waals surface area (Å²) in [4.78, 5) is 11.8. The van der Waals surface area contributed by atoms with Crippen LogP contribution in [0.4, 0.5) is 0 Å². The monoisotopic (exact) mass is 264 g/mol. The van der Waals surface area contributed by atoms with E-state index in [-0.39, 0.29) is 11.9 Å². The van der Waals surface area contributed by atoms with Gasteiger partial charge in [-0.25, -0.2) is 0 Å². The van der Waals surface area contributed by atoms with E-state index in [1.54, 1.807) is 11.8 Å². The van der Waals surface area contributed by atoms with E-state index in [9.17, 15) is 4.79 Å². The SMILES string of the molecule is Cc1ccc(CCNC(=O)C2CSCN2)c(C)c1.